The van der Waals surface area contributed by atoms with E-state index >= 15 is 0 Å². The van der Waals surface area contributed by atoms with E-state index in [0.29, 0.717) is 6.42 Å². The fraction of sp³-hybridized carbons (Fsp3) is 0.500. The van der Waals surface area contributed by atoms with E-state index in [1.165, 1.54) is 0 Å². The van der Waals surface area contributed by atoms with Crippen molar-refractivity contribution in [3.05, 3.63) is 29.8 Å². The number of hydrogen-bond acceptors (Lipinski definition) is 4. The van der Waals surface area contributed by atoms with Gasteiger partial charge in [0.15, 0.2) is 0 Å². The Morgan fingerprint density at radius 2 is 1.84 bits per heavy atom. The molecule has 19 heavy (non-hydrogen) atoms. The van der Waals surface area contributed by atoms with Crippen LogP contribution in [0, 0.1) is 0 Å². The molecule has 0 unspecified atom stereocenters. The summed E-state index contributed by atoms with van der Waals surface area (Å²) in [6.45, 7) is 3.74. The summed E-state index contributed by atoms with van der Waals surface area (Å²) in [5.41, 5.74) is 3.95. The van der Waals surface area contributed by atoms with E-state index in [2.05, 4.69) is 17.4 Å². The Morgan fingerprint density at radius 1 is 1.21 bits per heavy atom. The number of hydrogen-bond donors (Lipinski definition) is 1. The Hall–Kier alpha value is -1.59. The highest BCUT2D eigenvalue weighted by Gasteiger charge is 2.15. The fourth-order valence-electron chi connectivity index (χ4n) is 2.06. The van der Waals surface area contributed by atoms with Crippen LogP contribution in [0.3, 0.4) is 0 Å². The summed E-state index contributed by atoms with van der Waals surface area (Å²) in [5.74, 6) is 0.845. The smallest absolute Gasteiger partial charge is 0.238 e. The van der Waals surface area contributed by atoms with Crippen molar-refractivity contribution in [2.75, 3.05) is 40.3 Å². The van der Waals surface area contributed by atoms with Crippen LogP contribution in [-0.2, 0) is 11.2 Å². The summed E-state index contributed by atoms with van der Waals surface area (Å²) in [6, 6.07) is 7.59. The van der Waals surface area contributed by atoms with Crippen molar-refractivity contribution in [3.8, 4) is 5.75 Å². The molecule has 1 aliphatic rings. The lowest BCUT2D eigenvalue weighted by molar-refractivity contribution is -0.126. The lowest BCUT2D eigenvalue weighted by Crippen LogP contribution is -2.52. The van der Waals surface area contributed by atoms with Crippen molar-refractivity contribution in [2.24, 2.45) is 0 Å². The zero-order valence-corrected chi connectivity index (χ0v) is 11.6. The second-order valence-corrected chi connectivity index (χ2v) is 4.85. The number of carbonyl (C=O) groups is 1. The molecule has 1 aromatic carbocycles. The molecule has 0 bridgehead atoms. The summed E-state index contributed by atoms with van der Waals surface area (Å²) < 4.78 is 5.09. The van der Waals surface area contributed by atoms with Crippen LogP contribution in [0.4, 0.5) is 0 Å². The maximum Gasteiger partial charge on any atom is 0.238 e. The van der Waals surface area contributed by atoms with Gasteiger partial charge in [0.2, 0.25) is 5.91 Å². The number of carbonyl (C=O) groups excluding carboxylic acids is 1. The Kier molecular flexibility index (Phi) is 4.76. The lowest BCUT2D eigenvalue weighted by atomic mass is 10.1. The van der Waals surface area contributed by atoms with E-state index in [1.807, 2.05) is 29.3 Å². The molecule has 1 aliphatic heterocycles. The molecule has 5 nitrogen and oxygen atoms in total. The molecular weight excluding hydrogens is 242 g/mol. The standard InChI is InChI=1S/C14H21N3O2/c1-16-7-9-17(10-8-16)15-14(18)11-12-3-5-13(19-2)6-4-12/h3-6H,7-11H2,1-2H3,(H,15,18). The largest absolute Gasteiger partial charge is 0.497 e. The predicted octanol–water partition coefficient (Wildman–Crippen LogP) is 0.516. The van der Waals surface area contributed by atoms with Gasteiger partial charge in [-0.2, -0.15) is 0 Å². The Labute approximate surface area is 114 Å². The number of rotatable bonds is 4. The van der Waals surface area contributed by atoms with Crippen molar-refractivity contribution in [1.29, 1.82) is 0 Å². The number of hydrazine groups is 1. The first kappa shape index (κ1) is 13.8. The summed E-state index contributed by atoms with van der Waals surface area (Å²) in [7, 11) is 3.73. The van der Waals surface area contributed by atoms with Gasteiger partial charge in [-0.05, 0) is 24.7 Å². The van der Waals surface area contributed by atoms with Gasteiger partial charge in [0.1, 0.15) is 5.75 Å². The second-order valence-electron chi connectivity index (χ2n) is 4.85. The number of methoxy groups -OCH3 is 1. The molecule has 0 atom stereocenters. The Balaban J connectivity index is 1.80. The number of amides is 1. The van der Waals surface area contributed by atoms with Gasteiger partial charge in [0.25, 0.3) is 0 Å². The SMILES string of the molecule is COc1ccc(CC(=O)NN2CCN(C)CC2)cc1. The summed E-state index contributed by atoms with van der Waals surface area (Å²) >= 11 is 0. The molecule has 0 aliphatic carbocycles. The first-order chi connectivity index (χ1) is 9.17. The molecule has 2 rings (SSSR count). The van der Waals surface area contributed by atoms with Crippen LogP contribution in [0.2, 0.25) is 0 Å². The molecule has 1 N–H and O–H groups in total. The number of benzene rings is 1. The molecule has 1 saturated heterocycles. The van der Waals surface area contributed by atoms with Crippen LogP contribution in [0.1, 0.15) is 5.56 Å². The zero-order chi connectivity index (χ0) is 13.7. The molecule has 0 aromatic heterocycles. The van der Waals surface area contributed by atoms with Gasteiger partial charge >= 0.3 is 0 Å². The number of piperazine rings is 1. The third-order valence-corrected chi connectivity index (χ3v) is 3.31. The van der Waals surface area contributed by atoms with E-state index in [0.717, 1.165) is 37.5 Å². The van der Waals surface area contributed by atoms with Gasteiger partial charge in [0.05, 0.1) is 13.5 Å². The van der Waals surface area contributed by atoms with Gasteiger partial charge in [-0.1, -0.05) is 12.1 Å². The van der Waals surface area contributed by atoms with Crippen molar-refractivity contribution >= 4 is 5.91 Å². The van der Waals surface area contributed by atoms with E-state index in [4.69, 9.17) is 4.74 Å². The van der Waals surface area contributed by atoms with Crippen LogP contribution < -0.4 is 10.2 Å². The highest BCUT2D eigenvalue weighted by molar-refractivity contribution is 5.78. The Morgan fingerprint density at radius 3 is 2.42 bits per heavy atom. The van der Waals surface area contributed by atoms with Gasteiger partial charge < -0.3 is 9.64 Å². The van der Waals surface area contributed by atoms with Crippen molar-refractivity contribution in [2.45, 2.75) is 6.42 Å². The summed E-state index contributed by atoms with van der Waals surface area (Å²) in [5, 5.41) is 1.99. The molecule has 5 heteroatoms. The second kappa shape index (κ2) is 6.54. The molecular formula is C14H21N3O2. The first-order valence-electron chi connectivity index (χ1n) is 6.53. The Bertz CT molecular complexity index is 411. The number of likely N-dealkylation sites (N-methyl/N-ethyl adjacent to an activating group) is 1. The van der Waals surface area contributed by atoms with Gasteiger partial charge in [-0.15, -0.1) is 0 Å². The van der Waals surface area contributed by atoms with Crippen molar-refractivity contribution in [1.82, 2.24) is 15.3 Å². The third-order valence-electron chi connectivity index (χ3n) is 3.31. The maximum atomic E-state index is 11.9. The fourth-order valence-corrected chi connectivity index (χ4v) is 2.06. The van der Waals surface area contributed by atoms with Crippen molar-refractivity contribution < 1.29 is 9.53 Å². The molecule has 0 saturated carbocycles. The quantitative estimate of drug-likeness (QED) is 0.860. The molecule has 1 heterocycles. The minimum Gasteiger partial charge on any atom is -0.497 e. The van der Waals surface area contributed by atoms with Gasteiger partial charge in [-0.3, -0.25) is 10.2 Å². The highest BCUT2D eigenvalue weighted by Crippen LogP contribution is 2.11. The van der Waals surface area contributed by atoms with E-state index < -0.39 is 0 Å². The zero-order valence-electron chi connectivity index (χ0n) is 11.6. The minimum absolute atomic E-state index is 0.0368. The minimum atomic E-state index is 0.0368. The van der Waals surface area contributed by atoms with E-state index in [1.54, 1.807) is 7.11 Å². The summed E-state index contributed by atoms with van der Waals surface area (Å²) in [4.78, 5) is 14.2. The number of ether oxygens (including phenoxy) is 1. The lowest BCUT2D eigenvalue weighted by Gasteiger charge is -2.32. The van der Waals surface area contributed by atoms with Crippen LogP contribution in [0.25, 0.3) is 0 Å². The average molecular weight is 263 g/mol. The highest BCUT2D eigenvalue weighted by atomic mass is 16.5. The summed E-state index contributed by atoms with van der Waals surface area (Å²) in [6.07, 6.45) is 0.399. The normalized spacial score (nSPS) is 17.2. The molecule has 1 fully saturated rings. The molecule has 0 spiro atoms. The van der Waals surface area contributed by atoms with Crippen molar-refractivity contribution in [3.63, 3.8) is 0 Å². The number of nitrogens with zero attached hydrogens (tertiary/aromatic N) is 2. The molecule has 1 aromatic rings. The van der Waals surface area contributed by atoms with E-state index in [-0.39, 0.29) is 5.91 Å². The molecule has 0 radical (unpaired) electrons. The molecule has 104 valence electrons. The van der Waals surface area contributed by atoms with Crippen LogP contribution in [0.5, 0.6) is 5.75 Å². The molecule has 1 amide bonds. The van der Waals surface area contributed by atoms with Gasteiger partial charge in [0, 0.05) is 26.2 Å². The van der Waals surface area contributed by atoms with E-state index in [9.17, 15) is 4.79 Å². The maximum absolute atomic E-state index is 11.9. The van der Waals surface area contributed by atoms with Crippen LogP contribution in [-0.4, -0.2) is 56.2 Å². The monoisotopic (exact) mass is 263 g/mol. The topological polar surface area (TPSA) is 44.8 Å². The predicted molar refractivity (Wildman–Crippen MR) is 73.9 cm³/mol. The van der Waals surface area contributed by atoms with Crippen LogP contribution >= 0.6 is 0 Å². The average Bonchev–Trinajstić information content (AvgIpc) is 2.42. The first-order valence-corrected chi connectivity index (χ1v) is 6.53. The van der Waals surface area contributed by atoms with Crippen LogP contribution in [0.15, 0.2) is 24.3 Å². The van der Waals surface area contributed by atoms with Gasteiger partial charge in [-0.25, -0.2) is 5.01 Å². The number of nitrogens with one attached hydrogen (secondary N) is 1. The third kappa shape index (κ3) is 4.22.